The van der Waals surface area contributed by atoms with Gasteiger partial charge in [0.25, 0.3) is 5.91 Å². The van der Waals surface area contributed by atoms with Gasteiger partial charge in [0, 0.05) is 50.8 Å². The van der Waals surface area contributed by atoms with E-state index in [-0.39, 0.29) is 5.91 Å². The lowest BCUT2D eigenvalue weighted by Gasteiger charge is -2.34. The molecule has 148 valence electrons. The number of amides is 1. The summed E-state index contributed by atoms with van der Waals surface area (Å²) in [5.41, 5.74) is 2.21. The van der Waals surface area contributed by atoms with Gasteiger partial charge in [-0.1, -0.05) is 29.8 Å². The zero-order chi connectivity index (χ0) is 20.2. The topological polar surface area (TPSA) is 72.8 Å². The maximum absolute atomic E-state index is 12.4. The van der Waals surface area contributed by atoms with Gasteiger partial charge in [0.05, 0.1) is 11.0 Å². The second-order valence-electron chi connectivity index (χ2n) is 7.12. The summed E-state index contributed by atoms with van der Waals surface area (Å²) in [6.07, 6.45) is 2.32. The fourth-order valence-corrected chi connectivity index (χ4v) is 4.28. The highest BCUT2D eigenvalue weighted by Crippen LogP contribution is 2.32. The third-order valence-corrected chi connectivity index (χ3v) is 6.07. The Bertz CT molecular complexity index is 993. The van der Waals surface area contributed by atoms with E-state index in [1.807, 2.05) is 36.4 Å². The number of hydrogen-bond acceptors (Lipinski definition) is 6. The Labute approximate surface area is 174 Å². The number of piperazine rings is 1. The number of benzene rings is 1. The molecule has 4 rings (SSSR count). The molecule has 7 heteroatoms. The molecule has 0 N–H and O–H groups in total. The molecule has 1 amide bonds. The van der Waals surface area contributed by atoms with Gasteiger partial charge < -0.3 is 9.32 Å². The van der Waals surface area contributed by atoms with Crippen LogP contribution in [0.4, 0.5) is 0 Å². The standard InChI is InChI=1S/C22H22N4O2S/c1-16-3-5-17(6-4-16)19-8-7-18(28-19)15-20-21(27)24-22(29-20)26-13-11-25(12-14-26)10-2-9-23/h3-8,15H,2,10-14H2,1H3. The van der Waals surface area contributed by atoms with Gasteiger partial charge in [-0.2, -0.15) is 10.3 Å². The van der Waals surface area contributed by atoms with Crippen molar-refractivity contribution in [3.63, 3.8) is 0 Å². The summed E-state index contributed by atoms with van der Waals surface area (Å²) in [5.74, 6) is 1.21. The first-order chi connectivity index (χ1) is 14.1. The summed E-state index contributed by atoms with van der Waals surface area (Å²) >= 11 is 1.40. The van der Waals surface area contributed by atoms with Crippen molar-refractivity contribution in [3.05, 3.63) is 52.6 Å². The van der Waals surface area contributed by atoms with Crippen molar-refractivity contribution in [1.82, 2.24) is 9.80 Å². The molecule has 2 aliphatic rings. The molecule has 2 aliphatic heterocycles. The molecular formula is C22H22N4O2S. The third-order valence-electron chi connectivity index (χ3n) is 5.03. The van der Waals surface area contributed by atoms with Gasteiger partial charge in [-0.05, 0) is 30.8 Å². The van der Waals surface area contributed by atoms with Crippen LogP contribution in [-0.4, -0.2) is 53.6 Å². The number of thioether (sulfide) groups is 1. The molecule has 29 heavy (non-hydrogen) atoms. The van der Waals surface area contributed by atoms with E-state index in [1.54, 1.807) is 6.08 Å². The van der Waals surface area contributed by atoms with Gasteiger partial charge in [-0.15, -0.1) is 0 Å². The van der Waals surface area contributed by atoms with E-state index in [1.165, 1.54) is 17.3 Å². The SMILES string of the molecule is Cc1ccc(-c2ccc(C=C3SC(N4CCN(CCC#N)CC4)=NC3=O)o2)cc1. The van der Waals surface area contributed by atoms with Crippen molar-refractivity contribution in [1.29, 1.82) is 5.26 Å². The van der Waals surface area contributed by atoms with Gasteiger partial charge in [0.2, 0.25) is 0 Å². The Morgan fingerprint density at radius 3 is 2.66 bits per heavy atom. The van der Waals surface area contributed by atoms with Crippen LogP contribution < -0.4 is 0 Å². The molecule has 0 bridgehead atoms. The highest BCUT2D eigenvalue weighted by atomic mass is 32.2. The first-order valence-corrected chi connectivity index (χ1v) is 10.5. The number of carbonyl (C=O) groups is 1. The molecule has 0 aliphatic carbocycles. The van der Waals surface area contributed by atoms with Gasteiger partial charge in [0.15, 0.2) is 5.17 Å². The molecule has 1 aromatic carbocycles. The first-order valence-electron chi connectivity index (χ1n) is 9.66. The number of aryl methyl sites for hydroxylation is 1. The monoisotopic (exact) mass is 406 g/mol. The number of aliphatic imine (C=N–C) groups is 1. The lowest BCUT2D eigenvalue weighted by Crippen LogP contribution is -2.47. The Kier molecular flexibility index (Phi) is 5.84. The second-order valence-corrected chi connectivity index (χ2v) is 8.12. The summed E-state index contributed by atoms with van der Waals surface area (Å²) in [6.45, 7) is 6.25. The van der Waals surface area contributed by atoms with Crippen LogP contribution in [0.5, 0.6) is 0 Å². The van der Waals surface area contributed by atoms with Gasteiger partial charge in [-0.3, -0.25) is 9.69 Å². The molecule has 0 spiro atoms. The zero-order valence-electron chi connectivity index (χ0n) is 16.3. The summed E-state index contributed by atoms with van der Waals surface area (Å²) < 4.78 is 5.91. The summed E-state index contributed by atoms with van der Waals surface area (Å²) in [5, 5.41) is 9.47. The quantitative estimate of drug-likeness (QED) is 0.720. The normalized spacial score (nSPS) is 18.9. The first kappa shape index (κ1) is 19.5. The van der Waals surface area contributed by atoms with E-state index in [0.29, 0.717) is 17.1 Å². The Morgan fingerprint density at radius 2 is 1.93 bits per heavy atom. The van der Waals surface area contributed by atoms with E-state index in [2.05, 4.69) is 27.8 Å². The molecule has 1 fully saturated rings. The Morgan fingerprint density at radius 1 is 1.17 bits per heavy atom. The molecule has 3 heterocycles. The molecule has 0 radical (unpaired) electrons. The van der Waals surface area contributed by atoms with E-state index < -0.39 is 0 Å². The van der Waals surface area contributed by atoms with E-state index in [4.69, 9.17) is 9.68 Å². The minimum atomic E-state index is -0.217. The number of nitrogens with zero attached hydrogens (tertiary/aromatic N) is 4. The highest BCUT2D eigenvalue weighted by Gasteiger charge is 2.28. The molecule has 0 atom stereocenters. The smallest absolute Gasteiger partial charge is 0.286 e. The fourth-order valence-electron chi connectivity index (χ4n) is 3.34. The summed E-state index contributed by atoms with van der Waals surface area (Å²) in [6, 6.07) is 14.1. The lowest BCUT2D eigenvalue weighted by atomic mass is 10.1. The summed E-state index contributed by atoms with van der Waals surface area (Å²) in [7, 11) is 0. The van der Waals surface area contributed by atoms with Gasteiger partial charge >= 0.3 is 0 Å². The van der Waals surface area contributed by atoms with Crippen LogP contribution in [0.15, 0.2) is 50.7 Å². The average Bonchev–Trinajstić information content (AvgIpc) is 3.35. The van der Waals surface area contributed by atoms with Crippen molar-refractivity contribution in [2.75, 3.05) is 32.7 Å². The highest BCUT2D eigenvalue weighted by molar-refractivity contribution is 8.18. The van der Waals surface area contributed by atoms with Crippen molar-refractivity contribution in [3.8, 4) is 17.4 Å². The van der Waals surface area contributed by atoms with Crippen LogP contribution in [0.25, 0.3) is 17.4 Å². The van der Waals surface area contributed by atoms with Gasteiger partial charge in [-0.25, -0.2) is 0 Å². The fraction of sp³-hybridized carbons (Fsp3) is 0.318. The minimum Gasteiger partial charge on any atom is -0.457 e. The average molecular weight is 407 g/mol. The predicted molar refractivity (Wildman–Crippen MR) is 115 cm³/mol. The van der Waals surface area contributed by atoms with E-state index >= 15 is 0 Å². The number of furan rings is 1. The van der Waals surface area contributed by atoms with Crippen LogP contribution in [-0.2, 0) is 4.79 Å². The number of nitriles is 1. The maximum Gasteiger partial charge on any atom is 0.286 e. The van der Waals surface area contributed by atoms with Crippen LogP contribution in [0.1, 0.15) is 17.7 Å². The molecular weight excluding hydrogens is 384 g/mol. The Hall–Kier alpha value is -2.82. The molecule has 1 saturated heterocycles. The third kappa shape index (κ3) is 4.61. The number of carbonyl (C=O) groups excluding carboxylic acids is 1. The van der Waals surface area contributed by atoms with Crippen LogP contribution in [0, 0.1) is 18.3 Å². The van der Waals surface area contributed by atoms with Crippen molar-refractivity contribution < 1.29 is 9.21 Å². The van der Waals surface area contributed by atoms with Crippen LogP contribution in [0.3, 0.4) is 0 Å². The molecule has 6 nitrogen and oxygen atoms in total. The van der Waals surface area contributed by atoms with Gasteiger partial charge in [0.1, 0.15) is 11.5 Å². The van der Waals surface area contributed by atoms with Crippen LogP contribution >= 0.6 is 11.8 Å². The predicted octanol–water partition coefficient (Wildman–Crippen LogP) is 3.76. The number of hydrogen-bond donors (Lipinski definition) is 0. The molecule has 0 unspecified atom stereocenters. The molecule has 1 aromatic heterocycles. The van der Waals surface area contributed by atoms with E-state index in [9.17, 15) is 4.79 Å². The minimum absolute atomic E-state index is 0.217. The maximum atomic E-state index is 12.4. The largest absolute Gasteiger partial charge is 0.457 e. The summed E-state index contributed by atoms with van der Waals surface area (Å²) in [4.78, 5) is 21.6. The van der Waals surface area contributed by atoms with E-state index in [0.717, 1.165) is 49.2 Å². The molecule has 0 saturated carbocycles. The number of rotatable bonds is 4. The van der Waals surface area contributed by atoms with Crippen molar-refractivity contribution >= 4 is 28.9 Å². The second kappa shape index (κ2) is 8.68. The lowest BCUT2D eigenvalue weighted by molar-refractivity contribution is -0.113. The van der Waals surface area contributed by atoms with Crippen molar-refractivity contribution in [2.24, 2.45) is 4.99 Å². The number of amidine groups is 1. The molecule has 2 aromatic rings. The van der Waals surface area contributed by atoms with Crippen molar-refractivity contribution in [2.45, 2.75) is 13.3 Å². The van der Waals surface area contributed by atoms with Crippen LogP contribution in [0.2, 0.25) is 0 Å². The Balaban J connectivity index is 1.39. The zero-order valence-corrected chi connectivity index (χ0v) is 17.1.